The molecule has 0 aliphatic heterocycles. The highest BCUT2D eigenvalue weighted by Crippen LogP contribution is 2.48. The zero-order valence-electron chi connectivity index (χ0n) is 18.9. The van der Waals surface area contributed by atoms with Crippen molar-refractivity contribution in [2.45, 2.75) is 96.7 Å². The number of carboxylic acids is 1. The van der Waals surface area contributed by atoms with Crippen LogP contribution in [0, 0.1) is 11.3 Å². The Morgan fingerprint density at radius 3 is 2.58 bits per heavy atom. The highest BCUT2D eigenvalue weighted by Gasteiger charge is 2.41. The van der Waals surface area contributed by atoms with Gasteiger partial charge in [0.15, 0.2) is 0 Å². The molecular weight excluding hydrogens is 396 g/mol. The molecule has 2 rings (SSSR count). The molecule has 0 radical (unpaired) electrons. The molecule has 0 aromatic rings. The van der Waals surface area contributed by atoms with E-state index in [1.54, 1.807) is 0 Å². The number of aliphatic hydroxyl groups is 2. The average molecular weight is 435 g/mol. The molecule has 3 N–H and O–H groups in total. The molecule has 1 unspecified atom stereocenters. The molecule has 0 saturated heterocycles. The first-order chi connectivity index (χ1) is 14.8. The predicted octanol–water partition coefficient (Wildman–Crippen LogP) is 4.66. The normalized spacial score (nSPS) is 24.0. The minimum absolute atomic E-state index is 0.0492. The molecule has 0 spiro atoms. The van der Waals surface area contributed by atoms with Crippen LogP contribution in [0.5, 0.6) is 0 Å². The van der Waals surface area contributed by atoms with E-state index in [1.807, 2.05) is 24.3 Å². The van der Waals surface area contributed by atoms with Gasteiger partial charge >= 0.3 is 11.9 Å². The molecule has 2 aliphatic rings. The SMILES string of the molecule is CCCC1(C(O)C/C=C/[C@@H]2C(C/C=C\CCCC(=O)O)=C(OC(C)=O)C[C@H]2O)CCC1. The number of hydrogen-bond acceptors (Lipinski definition) is 5. The van der Waals surface area contributed by atoms with Crippen molar-refractivity contribution in [2.75, 3.05) is 0 Å². The number of ether oxygens (including phenoxy) is 1. The summed E-state index contributed by atoms with van der Waals surface area (Å²) in [6, 6.07) is 0. The maximum Gasteiger partial charge on any atom is 0.307 e. The van der Waals surface area contributed by atoms with Gasteiger partial charge in [-0.05, 0) is 55.9 Å². The molecule has 0 aromatic carbocycles. The van der Waals surface area contributed by atoms with Gasteiger partial charge in [0.25, 0.3) is 0 Å². The van der Waals surface area contributed by atoms with Crippen LogP contribution in [0.15, 0.2) is 35.6 Å². The molecule has 2 aliphatic carbocycles. The Labute approximate surface area is 185 Å². The summed E-state index contributed by atoms with van der Waals surface area (Å²) < 4.78 is 5.36. The van der Waals surface area contributed by atoms with E-state index in [0.717, 1.165) is 31.3 Å². The highest BCUT2D eigenvalue weighted by atomic mass is 16.5. The lowest BCUT2D eigenvalue weighted by Crippen LogP contribution is -2.41. The molecule has 0 aromatic heterocycles. The van der Waals surface area contributed by atoms with Crippen molar-refractivity contribution < 1.29 is 29.6 Å². The van der Waals surface area contributed by atoms with E-state index in [4.69, 9.17) is 9.84 Å². The molecule has 174 valence electrons. The predicted molar refractivity (Wildman–Crippen MR) is 119 cm³/mol. The minimum Gasteiger partial charge on any atom is -0.481 e. The largest absolute Gasteiger partial charge is 0.481 e. The van der Waals surface area contributed by atoms with E-state index < -0.39 is 18.0 Å². The second-order valence-corrected chi connectivity index (χ2v) is 8.95. The van der Waals surface area contributed by atoms with Gasteiger partial charge in [0.2, 0.25) is 0 Å². The fourth-order valence-electron chi connectivity index (χ4n) is 4.82. The van der Waals surface area contributed by atoms with Crippen LogP contribution in [-0.2, 0) is 14.3 Å². The molecule has 6 nitrogen and oxygen atoms in total. The number of allylic oxidation sites excluding steroid dienone is 2. The van der Waals surface area contributed by atoms with E-state index in [0.29, 0.717) is 37.9 Å². The molecule has 0 bridgehead atoms. The Morgan fingerprint density at radius 2 is 2.00 bits per heavy atom. The van der Waals surface area contributed by atoms with Crippen molar-refractivity contribution in [1.29, 1.82) is 0 Å². The molecule has 1 fully saturated rings. The lowest BCUT2D eigenvalue weighted by molar-refractivity contribution is -0.138. The Kier molecular flexibility index (Phi) is 9.97. The zero-order valence-corrected chi connectivity index (χ0v) is 18.9. The summed E-state index contributed by atoms with van der Waals surface area (Å²) >= 11 is 0. The van der Waals surface area contributed by atoms with E-state index in [9.17, 15) is 19.8 Å². The fraction of sp³-hybridized carbons (Fsp3) is 0.680. The highest BCUT2D eigenvalue weighted by molar-refractivity contribution is 5.67. The van der Waals surface area contributed by atoms with Gasteiger partial charge in [-0.1, -0.05) is 44.1 Å². The monoisotopic (exact) mass is 434 g/mol. The first-order valence-electron chi connectivity index (χ1n) is 11.6. The minimum atomic E-state index is -0.804. The number of esters is 1. The second kappa shape index (κ2) is 12.2. The van der Waals surface area contributed by atoms with E-state index in [1.165, 1.54) is 13.3 Å². The number of unbranched alkanes of at least 4 members (excludes halogenated alkanes) is 1. The fourth-order valence-corrected chi connectivity index (χ4v) is 4.82. The number of carboxylic acid groups (broad SMARTS) is 1. The topological polar surface area (TPSA) is 104 Å². The van der Waals surface area contributed by atoms with Crippen LogP contribution in [0.4, 0.5) is 0 Å². The first-order valence-corrected chi connectivity index (χ1v) is 11.6. The van der Waals surface area contributed by atoms with Gasteiger partial charge in [-0.2, -0.15) is 0 Å². The molecule has 31 heavy (non-hydrogen) atoms. The Hall–Kier alpha value is -1.92. The number of hydrogen-bond donors (Lipinski definition) is 3. The summed E-state index contributed by atoms with van der Waals surface area (Å²) in [7, 11) is 0. The molecule has 3 atom stereocenters. The van der Waals surface area contributed by atoms with E-state index in [-0.39, 0.29) is 23.9 Å². The molecule has 1 saturated carbocycles. The van der Waals surface area contributed by atoms with Crippen LogP contribution in [-0.4, -0.2) is 39.5 Å². The Balaban J connectivity index is 2.01. The van der Waals surface area contributed by atoms with Crippen LogP contribution in [0.2, 0.25) is 0 Å². The second-order valence-electron chi connectivity index (χ2n) is 8.95. The van der Waals surface area contributed by atoms with Gasteiger partial charge in [-0.15, -0.1) is 0 Å². The summed E-state index contributed by atoms with van der Waals surface area (Å²) in [5, 5.41) is 30.0. The van der Waals surface area contributed by atoms with Gasteiger partial charge in [0.05, 0.1) is 12.2 Å². The van der Waals surface area contributed by atoms with Crippen molar-refractivity contribution in [2.24, 2.45) is 11.3 Å². The van der Waals surface area contributed by atoms with Gasteiger partial charge < -0.3 is 20.1 Å². The van der Waals surface area contributed by atoms with Crippen LogP contribution in [0.1, 0.15) is 84.5 Å². The standard InChI is InChI=1S/C25H38O6/c1-3-14-25(15-9-16-25)23(28)12-8-11-19-20(10-6-4-5-7-13-24(29)30)22(17-21(19)27)31-18(2)26/h4,6,8,11,19,21,23,27-28H,3,5,7,9-10,12-17H2,1-2H3,(H,29,30)/b6-4-,11-8+/t19-,21-,23?/m1/s1. The summed E-state index contributed by atoms with van der Waals surface area (Å²) in [6.07, 6.45) is 15.0. The molecular formula is C25H38O6. The van der Waals surface area contributed by atoms with Crippen molar-refractivity contribution in [3.05, 3.63) is 35.6 Å². The van der Waals surface area contributed by atoms with Gasteiger partial charge in [0, 0.05) is 25.7 Å². The molecule has 6 heteroatoms. The van der Waals surface area contributed by atoms with E-state index >= 15 is 0 Å². The maximum absolute atomic E-state index is 11.5. The van der Waals surface area contributed by atoms with Crippen molar-refractivity contribution in [1.82, 2.24) is 0 Å². The average Bonchev–Trinajstić information content (AvgIpc) is 2.94. The quantitative estimate of drug-likeness (QED) is 0.221. The lowest BCUT2D eigenvalue weighted by atomic mass is 9.62. The number of carbonyl (C=O) groups excluding carboxylic acids is 1. The van der Waals surface area contributed by atoms with Crippen LogP contribution in [0.3, 0.4) is 0 Å². The number of aliphatic hydroxyl groups excluding tert-OH is 2. The summed E-state index contributed by atoms with van der Waals surface area (Å²) in [4.78, 5) is 22.1. The Morgan fingerprint density at radius 1 is 1.26 bits per heavy atom. The summed E-state index contributed by atoms with van der Waals surface area (Å²) in [5.74, 6) is -0.945. The third-order valence-corrected chi connectivity index (χ3v) is 6.61. The maximum atomic E-state index is 11.5. The van der Waals surface area contributed by atoms with Crippen molar-refractivity contribution in [3.8, 4) is 0 Å². The van der Waals surface area contributed by atoms with Gasteiger partial charge in [0.1, 0.15) is 5.76 Å². The molecule has 0 heterocycles. The first kappa shape index (κ1) is 25.3. The van der Waals surface area contributed by atoms with Crippen molar-refractivity contribution >= 4 is 11.9 Å². The molecule has 0 amide bonds. The summed E-state index contributed by atoms with van der Waals surface area (Å²) in [5.41, 5.74) is 0.919. The van der Waals surface area contributed by atoms with Gasteiger partial charge in [-0.3, -0.25) is 9.59 Å². The lowest BCUT2D eigenvalue weighted by Gasteiger charge is -2.45. The van der Waals surface area contributed by atoms with Crippen molar-refractivity contribution in [3.63, 3.8) is 0 Å². The third kappa shape index (κ3) is 7.32. The van der Waals surface area contributed by atoms with Crippen LogP contribution >= 0.6 is 0 Å². The number of carbonyl (C=O) groups is 2. The number of aliphatic carboxylic acids is 1. The smallest absolute Gasteiger partial charge is 0.307 e. The van der Waals surface area contributed by atoms with Crippen LogP contribution < -0.4 is 0 Å². The number of rotatable bonds is 13. The zero-order chi connectivity index (χ0) is 22.9. The summed E-state index contributed by atoms with van der Waals surface area (Å²) in [6.45, 7) is 3.50. The Bertz CT molecular complexity index is 701. The van der Waals surface area contributed by atoms with Gasteiger partial charge in [-0.25, -0.2) is 0 Å². The third-order valence-electron chi connectivity index (χ3n) is 6.61. The van der Waals surface area contributed by atoms with Crippen LogP contribution in [0.25, 0.3) is 0 Å². The van der Waals surface area contributed by atoms with E-state index in [2.05, 4.69) is 6.92 Å².